The molecule has 2 N–H and O–H groups in total. The van der Waals surface area contributed by atoms with Crippen LogP contribution in [0.3, 0.4) is 0 Å². The number of benzene rings is 3. The third kappa shape index (κ3) is 6.67. The van der Waals surface area contributed by atoms with E-state index in [4.69, 9.17) is 9.84 Å². The molecule has 1 saturated heterocycles. The average molecular weight is 481 g/mol. The molecular formula is C27H32N2O4S. The van der Waals surface area contributed by atoms with Gasteiger partial charge in [0.05, 0.1) is 11.5 Å². The van der Waals surface area contributed by atoms with Gasteiger partial charge in [-0.1, -0.05) is 54.6 Å². The number of ether oxygens (including phenoxy) is 1. The molecule has 0 amide bonds. The SMILES string of the molecule is O=S(=O)(NC[C@@H]1CCCN(Cc2ccc(OCCO)cc2)C1)c1ccc(-c2ccccc2)cc1. The van der Waals surface area contributed by atoms with Crippen LogP contribution in [0.25, 0.3) is 11.1 Å². The van der Waals surface area contributed by atoms with Gasteiger partial charge in [-0.25, -0.2) is 13.1 Å². The minimum Gasteiger partial charge on any atom is -0.491 e. The van der Waals surface area contributed by atoms with E-state index >= 15 is 0 Å². The highest BCUT2D eigenvalue weighted by molar-refractivity contribution is 7.89. The monoisotopic (exact) mass is 480 g/mol. The van der Waals surface area contributed by atoms with Crippen LogP contribution < -0.4 is 9.46 Å². The summed E-state index contributed by atoms with van der Waals surface area (Å²) in [4.78, 5) is 2.67. The van der Waals surface area contributed by atoms with Crippen LogP contribution in [0.5, 0.6) is 5.75 Å². The number of aliphatic hydroxyl groups excluding tert-OH is 1. The maximum absolute atomic E-state index is 12.8. The number of sulfonamides is 1. The molecule has 1 aliphatic heterocycles. The lowest BCUT2D eigenvalue weighted by Gasteiger charge is -2.32. The average Bonchev–Trinajstić information content (AvgIpc) is 2.88. The highest BCUT2D eigenvalue weighted by Crippen LogP contribution is 2.22. The minimum atomic E-state index is -3.55. The van der Waals surface area contributed by atoms with E-state index in [1.54, 1.807) is 12.1 Å². The highest BCUT2D eigenvalue weighted by Gasteiger charge is 2.22. The number of nitrogens with zero attached hydrogens (tertiary/aromatic N) is 1. The molecule has 4 rings (SSSR count). The van der Waals surface area contributed by atoms with Crippen LogP contribution in [-0.4, -0.2) is 51.3 Å². The van der Waals surface area contributed by atoms with E-state index in [0.717, 1.165) is 49.4 Å². The Balaban J connectivity index is 1.29. The summed E-state index contributed by atoms with van der Waals surface area (Å²) in [5, 5.41) is 8.86. The maximum atomic E-state index is 12.8. The summed E-state index contributed by atoms with van der Waals surface area (Å²) in [6, 6.07) is 24.9. The molecule has 1 aliphatic rings. The predicted octanol–water partition coefficient (Wildman–Crippen LogP) is 3.92. The lowest BCUT2D eigenvalue weighted by atomic mass is 9.98. The zero-order valence-corrected chi connectivity index (χ0v) is 20.1. The molecular weight excluding hydrogens is 448 g/mol. The second-order valence-corrected chi connectivity index (χ2v) is 10.5. The van der Waals surface area contributed by atoms with Crippen molar-refractivity contribution in [1.82, 2.24) is 9.62 Å². The molecule has 1 atom stereocenters. The van der Waals surface area contributed by atoms with Crippen molar-refractivity contribution in [3.8, 4) is 16.9 Å². The first kappa shape index (κ1) is 24.4. The van der Waals surface area contributed by atoms with Crippen molar-refractivity contribution in [3.05, 3.63) is 84.4 Å². The van der Waals surface area contributed by atoms with E-state index in [2.05, 4.69) is 9.62 Å². The number of hydrogen-bond donors (Lipinski definition) is 2. The molecule has 0 saturated carbocycles. The van der Waals surface area contributed by atoms with Crippen LogP contribution in [0.15, 0.2) is 83.8 Å². The molecule has 180 valence electrons. The van der Waals surface area contributed by atoms with Gasteiger partial charge in [0.2, 0.25) is 10.0 Å². The summed E-state index contributed by atoms with van der Waals surface area (Å²) >= 11 is 0. The van der Waals surface area contributed by atoms with Crippen molar-refractivity contribution in [2.75, 3.05) is 32.8 Å². The van der Waals surface area contributed by atoms with Crippen LogP contribution in [0.4, 0.5) is 0 Å². The smallest absolute Gasteiger partial charge is 0.240 e. The number of piperidine rings is 1. The van der Waals surface area contributed by atoms with Crippen molar-refractivity contribution in [2.24, 2.45) is 5.92 Å². The van der Waals surface area contributed by atoms with Crippen molar-refractivity contribution in [1.29, 1.82) is 0 Å². The van der Waals surface area contributed by atoms with Crippen LogP contribution in [-0.2, 0) is 16.6 Å². The molecule has 3 aromatic carbocycles. The van der Waals surface area contributed by atoms with Gasteiger partial charge in [0.15, 0.2) is 0 Å². The van der Waals surface area contributed by atoms with Crippen LogP contribution >= 0.6 is 0 Å². The van der Waals surface area contributed by atoms with Gasteiger partial charge in [-0.3, -0.25) is 4.90 Å². The molecule has 34 heavy (non-hydrogen) atoms. The quantitative estimate of drug-likeness (QED) is 0.460. The largest absolute Gasteiger partial charge is 0.491 e. The van der Waals surface area contributed by atoms with E-state index in [9.17, 15) is 8.42 Å². The number of aliphatic hydroxyl groups is 1. The molecule has 1 fully saturated rings. The topological polar surface area (TPSA) is 78.9 Å². The molecule has 0 bridgehead atoms. The summed E-state index contributed by atoms with van der Waals surface area (Å²) < 4.78 is 33.9. The second-order valence-electron chi connectivity index (χ2n) is 8.70. The minimum absolute atomic E-state index is 0.000327. The van der Waals surface area contributed by atoms with Gasteiger partial charge in [0, 0.05) is 19.6 Å². The number of rotatable bonds is 10. The maximum Gasteiger partial charge on any atom is 0.240 e. The Kier molecular flexibility index (Phi) is 8.34. The molecule has 0 radical (unpaired) electrons. The zero-order valence-electron chi connectivity index (χ0n) is 19.3. The number of likely N-dealkylation sites (tertiary alicyclic amines) is 1. The highest BCUT2D eigenvalue weighted by atomic mass is 32.2. The predicted molar refractivity (Wildman–Crippen MR) is 134 cm³/mol. The fourth-order valence-electron chi connectivity index (χ4n) is 4.34. The molecule has 6 nitrogen and oxygen atoms in total. The summed E-state index contributed by atoms with van der Waals surface area (Å²) in [5.74, 6) is 1.03. The lowest BCUT2D eigenvalue weighted by molar-refractivity contribution is 0.168. The van der Waals surface area contributed by atoms with Crippen LogP contribution in [0.1, 0.15) is 18.4 Å². The normalized spacial score (nSPS) is 16.9. The van der Waals surface area contributed by atoms with Crippen molar-refractivity contribution >= 4 is 10.0 Å². The van der Waals surface area contributed by atoms with E-state index in [0.29, 0.717) is 18.0 Å². The summed E-state index contributed by atoms with van der Waals surface area (Å²) in [6.45, 7) is 3.42. The van der Waals surface area contributed by atoms with Gasteiger partial charge in [0.1, 0.15) is 12.4 Å². The molecule has 7 heteroatoms. The third-order valence-corrected chi connectivity index (χ3v) is 7.57. The van der Waals surface area contributed by atoms with Gasteiger partial charge in [-0.2, -0.15) is 0 Å². The van der Waals surface area contributed by atoms with E-state index < -0.39 is 10.0 Å². The fourth-order valence-corrected chi connectivity index (χ4v) is 5.46. The van der Waals surface area contributed by atoms with Gasteiger partial charge in [-0.15, -0.1) is 0 Å². The molecule has 0 unspecified atom stereocenters. The first-order valence-corrected chi connectivity index (χ1v) is 13.2. The zero-order chi connectivity index (χ0) is 23.8. The first-order valence-electron chi connectivity index (χ1n) is 11.7. The van der Waals surface area contributed by atoms with Crippen LogP contribution in [0, 0.1) is 5.92 Å². The Morgan fingerprint density at radius 3 is 2.35 bits per heavy atom. The Morgan fingerprint density at radius 1 is 0.941 bits per heavy atom. The van der Waals surface area contributed by atoms with Gasteiger partial charge in [0.25, 0.3) is 0 Å². The number of hydrogen-bond acceptors (Lipinski definition) is 5. The lowest BCUT2D eigenvalue weighted by Crippen LogP contribution is -2.40. The molecule has 1 heterocycles. The summed E-state index contributed by atoms with van der Waals surface area (Å²) in [6.07, 6.45) is 2.07. The van der Waals surface area contributed by atoms with Crippen LogP contribution in [0.2, 0.25) is 0 Å². The number of nitrogens with one attached hydrogen (secondary N) is 1. The fraction of sp³-hybridized carbons (Fsp3) is 0.333. The Labute approximate surface area is 202 Å². The first-order chi connectivity index (χ1) is 16.5. The van der Waals surface area contributed by atoms with Gasteiger partial charge in [-0.05, 0) is 66.3 Å². The molecule has 0 aromatic heterocycles. The van der Waals surface area contributed by atoms with E-state index in [1.165, 1.54) is 5.56 Å². The Morgan fingerprint density at radius 2 is 1.65 bits per heavy atom. The van der Waals surface area contributed by atoms with Crippen molar-refractivity contribution in [3.63, 3.8) is 0 Å². The van der Waals surface area contributed by atoms with E-state index in [-0.39, 0.29) is 12.5 Å². The van der Waals surface area contributed by atoms with Gasteiger partial charge >= 0.3 is 0 Å². The molecule has 0 aliphatic carbocycles. The van der Waals surface area contributed by atoms with Crippen molar-refractivity contribution < 1.29 is 18.3 Å². The Bertz CT molecular complexity index is 1130. The molecule has 3 aromatic rings. The standard InChI is InChI=1S/C27H32N2O4S/c30-17-18-33-26-12-8-22(9-13-26)20-29-16-4-5-23(21-29)19-28-34(31,32)27-14-10-25(11-15-27)24-6-2-1-3-7-24/h1-3,6-15,23,28,30H,4-5,16-21H2/t23-/m0/s1. The summed E-state index contributed by atoms with van der Waals surface area (Å²) in [7, 11) is -3.55. The second kappa shape index (κ2) is 11.6. The Hall–Kier alpha value is -2.71. The van der Waals surface area contributed by atoms with Gasteiger partial charge < -0.3 is 9.84 Å². The van der Waals surface area contributed by atoms with Crippen molar-refractivity contribution in [2.45, 2.75) is 24.3 Å². The third-order valence-electron chi connectivity index (χ3n) is 6.13. The summed E-state index contributed by atoms with van der Waals surface area (Å²) in [5.41, 5.74) is 3.25. The molecule has 0 spiro atoms. The van der Waals surface area contributed by atoms with E-state index in [1.807, 2.05) is 66.7 Å².